The third kappa shape index (κ3) is 3.51. The Bertz CT molecular complexity index is 948. The van der Waals surface area contributed by atoms with Crippen molar-refractivity contribution in [1.29, 1.82) is 0 Å². The molecule has 1 fully saturated rings. The van der Waals surface area contributed by atoms with Gasteiger partial charge in [0, 0.05) is 38.3 Å². The van der Waals surface area contributed by atoms with E-state index in [9.17, 15) is 14.3 Å². The number of allylic oxidation sites excluding steroid dienone is 1. The molecule has 2 aliphatic heterocycles. The Kier molecular flexibility index (Phi) is 5.10. The molecule has 0 saturated carbocycles. The molecule has 0 spiro atoms. The minimum absolute atomic E-state index is 0.00720. The quantitative estimate of drug-likeness (QED) is 0.796. The summed E-state index contributed by atoms with van der Waals surface area (Å²) >= 11 is 6.06. The number of piperazine rings is 1. The first-order valence-electron chi connectivity index (χ1n) is 9.08. The maximum absolute atomic E-state index is 14.1. The van der Waals surface area contributed by atoms with Crippen LogP contribution in [0.3, 0.4) is 0 Å². The van der Waals surface area contributed by atoms with Crippen LogP contribution in [0.2, 0.25) is 5.02 Å². The molecule has 2 aliphatic rings. The van der Waals surface area contributed by atoms with Crippen molar-refractivity contribution in [3.05, 3.63) is 63.6 Å². The summed E-state index contributed by atoms with van der Waals surface area (Å²) in [5.74, 6) is -0.479. The minimum atomic E-state index is -0.534. The molecular weight excluding hydrogens is 383 g/mol. The van der Waals surface area contributed by atoms with Gasteiger partial charge in [-0.15, -0.1) is 0 Å². The number of aromatic hydroxyl groups is 1. The van der Waals surface area contributed by atoms with E-state index in [1.807, 2.05) is 0 Å². The molecular formula is C21H20ClFN2O3. The number of fused-ring (bicyclic) bond motifs is 1. The normalized spacial score (nSPS) is 19.1. The molecule has 0 aromatic heterocycles. The number of benzene rings is 2. The third-order valence-electron chi connectivity index (χ3n) is 5.17. The smallest absolute Gasteiger partial charge is 0.231 e. The fourth-order valence-corrected chi connectivity index (χ4v) is 3.68. The van der Waals surface area contributed by atoms with Crippen molar-refractivity contribution < 1.29 is 19.0 Å². The largest absolute Gasteiger partial charge is 0.507 e. The molecule has 0 unspecified atom stereocenters. The lowest BCUT2D eigenvalue weighted by Gasteiger charge is -2.32. The summed E-state index contributed by atoms with van der Waals surface area (Å²) < 4.78 is 19.9. The van der Waals surface area contributed by atoms with E-state index in [-0.39, 0.29) is 27.9 Å². The second kappa shape index (κ2) is 7.54. The number of phenols is 1. The van der Waals surface area contributed by atoms with Crippen molar-refractivity contribution in [3.8, 4) is 11.5 Å². The van der Waals surface area contributed by atoms with Crippen molar-refractivity contribution in [2.24, 2.45) is 0 Å². The number of ether oxygens (including phenoxy) is 1. The molecule has 2 aromatic carbocycles. The Morgan fingerprint density at radius 2 is 1.96 bits per heavy atom. The van der Waals surface area contributed by atoms with Gasteiger partial charge in [0.25, 0.3) is 0 Å². The lowest BCUT2D eigenvalue weighted by atomic mass is 10.0. The van der Waals surface area contributed by atoms with Crippen molar-refractivity contribution in [3.63, 3.8) is 0 Å². The van der Waals surface area contributed by atoms with Crippen LogP contribution in [0.1, 0.15) is 21.5 Å². The molecule has 7 heteroatoms. The van der Waals surface area contributed by atoms with E-state index in [1.54, 1.807) is 6.07 Å². The number of phenolic OH excluding ortho intramolecular Hbond substituents is 1. The highest BCUT2D eigenvalue weighted by Crippen LogP contribution is 2.40. The van der Waals surface area contributed by atoms with Gasteiger partial charge in [0.05, 0.1) is 16.1 Å². The van der Waals surface area contributed by atoms with Crippen molar-refractivity contribution in [2.75, 3.05) is 33.2 Å². The Morgan fingerprint density at radius 3 is 2.68 bits per heavy atom. The lowest BCUT2D eigenvalue weighted by Crippen LogP contribution is -2.43. The van der Waals surface area contributed by atoms with Crippen LogP contribution in [0.25, 0.3) is 6.08 Å². The zero-order valence-electron chi connectivity index (χ0n) is 15.4. The summed E-state index contributed by atoms with van der Waals surface area (Å²) in [5, 5.41) is 10.6. The van der Waals surface area contributed by atoms with Crippen LogP contribution in [0, 0.1) is 5.82 Å². The van der Waals surface area contributed by atoms with Crippen LogP contribution in [0.4, 0.5) is 4.39 Å². The fourth-order valence-electron chi connectivity index (χ4n) is 3.46. The highest BCUT2D eigenvalue weighted by atomic mass is 35.5. The number of hydrogen-bond donors (Lipinski definition) is 1. The van der Waals surface area contributed by atoms with Gasteiger partial charge in [0.2, 0.25) is 5.78 Å². The second-order valence-corrected chi connectivity index (χ2v) is 7.50. The fraction of sp³-hybridized carbons (Fsp3) is 0.286. The van der Waals surface area contributed by atoms with Crippen LogP contribution >= 0.6 is 11.6 Å². The van der Waals surface area contributed by atoms with E-state index in [0.717, 1.165) is 26.2 Å². The van der Waals surface area contributed by atoms with Gasteiger partial charge in [-0.3, -0.25) is 9.69 Å². The molecule has 0 radical (unpaired) electrons. The maximum atomic E-state index is 14.1. The molecule has 0 aliphatic carbocycles. The number of carbonyl (C=O) groups excluding carboxylic acids is 1. The number of ketones is 1. The summed E-state index contributed by atoms with van der Waals surface area (Å²) in [6.07, 6.45) is 1.32. The molecule has 2 aromatic rings. The predicted octanol–water partition coefficient (Wildman–Crippen LogP) is 3.55. The third-order valence-corrected chi connectivity index (χ3v) is 5.50. The topological polar surface area (TPSA) is 53.0 Å². The Hall–Kier alpha value is -2.41. The van der Waals surface area contributed by atoms with Crippen LogP contribution in [0.15, 0.2) is 36.1 Å². The van der Waals surface area contributed by atoms with E-state index in [2.05, 4.69) is 16.8 Å². The molecule has 5 nitrogen and oxygen atoms in total. The predicted molar refractivity (Wildman–Crippen MR) is 105 cm³/mol. The van der Waals surface area contributed by atoms with Gasteiger partial charge in [-0.05, 0) is 37.4 Å². The summed E-state index contributed by atoms with van der Waals surface area (Å²) in [4.78, 5) is 17.2. The molecule has 146 valence electrons. The van der Waals surface area contributed by atoms with Gasteiger partial charge in [-0.1, -0.05) is 17.7 Å². The van der Waals surface area contributed by atoms with E-state index in [0.29, 0.717) is 23.4 Å². The van der Waals surface area contributed by atoms with E-state index >= 15 is 0 Å². The van der Waals surface area contributed by atoms with Gasteiger partial charge >= 0.3 is 0 Å². The summed E-state index contributed by atoms with van der Waals surface area (Å²) in [6, 6.07) is 7.36. The number of halogens is 2. The van der Waals surface area contributed by atoms with E-state index in [4.69, 9.17) is 16.3 Å². The first kappa shape index (κ1) is 18.9. The second-order valence-electron chi connectivity index (χ2n) is 7.09. The minimum Gasteiger partial charge on any atom is -0.507 e. The zero-order chi connectivity index (χ0) is 19.8. The molecule has 1 N–H and O–H groups in total. The van der Waals surface area contributed by atoms with E-state index in [1.165, 1.54) is 30.3 Å². The average molecular weight is 403 g/mol. The monoisotopic (exact) mass is 402 g/mol. The summed E-state index contributed by atoms with van der Waals surface area (Å²) in [6.45, 7) is 4.07. The summed E-state index contributed by atoms with van der Waals surface area (Å²) in [5.41, 5.74) is 1.03. The Labute approximate surface area is 167 Å². The number of Topliss-reactive ketones (excluding diaryl/α,β-unsaturated/α-hetero) is 1. The lowest BCUT2D eigenvalue weighted by molar-refractivity contribution is 0.101. The van der Waals surface area contributed by atoms with Crippen LogP contribution < -0.4 is 4.74 Å². The molecule has 0 amide bonds. The van der Waals surface area contributed by atoms with Gasteiger partial charge in [-0.25, -0.2) is 4.39 Å². The van der Waals surface area contributed by atoms with Gasteiger partial charge < -0.3 is 14.7 Å². The average Bonchev–Trinajstić information content (AvgIpc) is 2.98. The van der Waals surface area contributed by atoms with Crippen LogP contribution in [0.5, 0.6) is 11.5 Å². The van der Waals surface area contributed by atoms with E-state index < -0.39 is 5.82 Å². The Morgan fingerprint density at radius 1 is 1.21 bits per heavy atom. The Balaban J connectivity index is 1.66. The summed E-state index contributed by atoms with van der Waals surface area (Å²) in [7, 11) is 2.07. The highest BCUT2D eigenvalue weighted by Gasteiger charge is 2.32. The number of rotatable bonds is 3. The molecule has 1 saturated heterocycles. The first-order chi connectivity index (χ1) is 13.4. The SMILES string of the molecule is CN1CCN(Cc2c(O)ccc3c2OC(=Cc2c(F)cccc2Cl)C3=O)CC1. The molecule has 0 atom stereocenters. The van der Waals surface area contributed by atoms with Gasteiger partial charge in [0.1, 0.15) is 17.3 Å². The zero-order valence-corrected chi connectivity index (χ0v) is 16.2. The van der Waals surface area contributed by atoms with Gasteiger partial charge in [0.15, 0.2) is 5.76 Å². The highest BCUT2D eigenvalue weighted by molar-refractivity contribution is 6.32. The first-order valence-corrected chi connectivity index (χ1v) is 9.46. The number of nitrogens with zero attached hydrogens (tertiary/aromatic N) is 2. The maximum Gasteiger partial charge on any atom is 0.231 e. The van der Waals surface area contributed by atoms with Crippen molar-refractivity contribution in [1.82, 2.24) is 9.80 Å². The van der Waals surface area contributed by atoms with Gasteiger partial charge in [-0.2, -0.15) is 0 Å². The number of hydrogen-bond acceptors (Lipinski definition) is 5. The molecule has 28 heavy (non-hydrogen) atoms. The van der Waals surface area contributed by atoms with Crippen molar-refractivity contribution in [2.45, 2.75) is 6.54 Å². The van der Waals surface area contributed by atoms with Crippen molar-refractivity contribution >= 4 is 23.5 Å². The van der Waals surface area contributed by atoms with Crippen LogP contribution in [-0.2, 0) is 6.54 Å². The molecule has 2 heterocycles. The van der Waals surface area contributed by atoms with Crippen LogP contribution in [-0.4, -0.2) is 53.9 Å². The number of likely N-dealkylation sites (N-methyl/N-ethyl adjacent to an activating group) is 1. The molecule has 4 rings (SSSR count). The standard InChI is InChI=1S/C21H20ClFN2O3/c1-24-7-9-25(10-8-24)12-15-18(26)6-5-13-20(27)19(28-21(13)15)11-14-16(22)3-2-4-17(14)23/h2-6,11,26H,7-10,12H2,1H3. The molecule has 0 bridgehead atoms. The number of carbonyl (C=O) groups is 1.